The van der Waals surface area contributed by atoms with E-state index in [1.54, 1.807) is 0 Å². The lowest BCUT2D eigenvalue weighted by Gasteiger charge is -2.37. The van der Waals surface area contributed by atoms with Gasteiger partial charge in [0.2, 0.25) is 5.91 Å². The van der Waals surface area contributed by atoms with Gasteiger partial charge in [-0.1, -0.05) is 36.4 Å². The summed E-state index contributed by atoms with van der Waals surface area (Å²) >= 11 is 0. The van der Waals surface area contributed by atoms with Gasteiger partial charge in [-0.25, -0.2) is 4.79 Å². The van der Waals surface area contributed by atoms with Crippen LogP contribution in [0, 0.1) is 12.8 Å². The molecule has 1 saturated heterocycles. The fourth-order valence-corrected chi connectivity index (χ4v) is 4.32. The van der Waals surface area contributed by atoms with Crippen LogP contribution in [0.15, 0.2) is 48.5 Å². The van der Waals surface area contributed by atoms with Crippen molar-refractivity contribution >= 4 is 17.6 Å². The van der Waals surface area contributed by atoms with Gasteiger partial charge in [-0.15, -0.1) is 0 Å². The Balaban J connectivity index is 1.24. The molecule has 0 bridgehead atoms. The maximum Gasteiger partial charge on any atom is 0.324 e. The minimum atomic E-state index is -0.0139. The van der Waals surface area contributed by atoms with E-state index in [0.717, 1.165) is 29.8 Å². The van der Waals surface area contributed by atoms with Crippen LogP contribution >= 0.6 is 0 Å². The lowest BCUT2D eigenvalue weighted by molar-refractivity contribution is -0.126. The number of hydrogen-bond donors (Lipinski definition) is 1. The number of aryl methyl sites for hydroxylation is 2. The Kier molecular flexibility index (Phi) is 6.75. The number of anilines is 1. The molecular weight excluding hydrogens is 390 g/mol. The van der Waals surface area contributed by atoms with Crippen molar-refractivity contribution in [2.75, 3.05) is 37.7 Å². The summed E-state index contributed by atoms with van der Waals surface area (Å²) in [5, 5.41) is 3.08. The van der Waals surface area contributed by atoms with Gasteiger partial charge in [0.05, 0.1) is 12.2 Å². The number of rotatable bonds is 5. The molecule has 0 saturated carbocycles. The van der Waals surface area contributed by atoms with E-state index in [1.807, 2.05) is 53.1 Å². The van der Waals surface area contributed by atoms with Crippen molar-refractivity contribution in [2.45, 2.75) is 32.6 Å². The second kappa shape index (κ2) is 9.86. The predicted molar refractivity (Wildman–Crippen MR) is 121 cm³/mol. The van der Waals surface area contributed by atoms with Crippen LogP contribution in [0.3, 0.4) is 0 Å². The van der Waals surface area contributed by atoms with Crippen molar-refractivity contribution in [3.8, 4) is 5.75 Å². The lowest BCUT2D eigenvalue weighted by atomic mass is 9.96. The monoisotopic (exact) mass is 421 g/mol. The summed E-state index contributed by atoms with van der Waals surface area (Å²) < 4.78 is 5.70. The van der Waals surface area contributed by atoms with E-state index >= 15 is 0 Å². The summed E-state index contributed by atoms with van der Waals surface area (Å²) in [6.07, 6.45) is 3.32. The molecule has 6 heteroatoms. The highest BCUT2D eigenvalue weighted by Gasteiger charge is 2.32. The minimum Gasteiger partial charge on any atom is -0.490 e. The SMILES string of the molecule is Cc1ccc2c(c1)N(C(=O)N1CCC(C(=O)NCCCc3ccccc3)CC1)CCO2. The molecule has 0 aromatic heterocycles. The van der Waals surface area contributed by atoms with Crippen LogP contribution < -0.4 is 15.0 Å². The zero-order valence-corrected chi connectivity index (χ0v) is 18.2. The van der Waals surface area contributed by atoms with Crippen LogP contribution in [-0.4, -0.2) is 49.6 Å². The topological polar surface area (TPSA) is 61.9 Å². The molecule has 2 aromatic carbocycles. The number of fused-ring (bicyclic) bond motifs is 1. The number of hydrogen-bond acceptors (Lipinski definition) is 3. The number of likely N-dealkylation sites (tertiary alicyclic amines) is 1. The molecular formula is C25H31N3O3. The Hall–Kier alpha value is -3.02. The third-order valence-electron chi connectivity index (χ3n) is 6.13. The van der Waals surface area contributed by atoms with Crippen molar-refractivity contribution in [1.82, 2.24) is 10.2 Å². The highest BCUT2D eigenvalue weighted by molar-refractivity contribution is 5.94. The molecule has 2 heterocycles. The molecule has 2 aliphatic rings. The molecule has 2 aromatic rings. The van der Waals surface area contributed by atoms with Gasteiger partial charge >= 0.3 is 6.03 Å². The Bertz CT molecular complexity index is 907. The number of ether oxygens (including phenoxy) is 1. The van der Waals surface area contributed by atoms with Crippen LogP contribution in [0.2, 0.25) is 0 Å². The molecule has 6 nitrogen and oxygen atoms in total. The van der Waals surface area contributed by atoms with Gasteiger partial charge in [-0.05, 0) is 55.9 Å². The number of nitrogens with one attached hydrogen (secondary N) is 1. The largest absolute Gasteiger partial charge is 0.490 e. The molecule has 0 aliphatic carbocycles. The zero-order valence-electron chi connectivity index (χ0n) is 18.2. The van der Waals surface area contributed by atoms with Crippen molar-refractivity contribution in [1.29, 1.82) is 0 Å². The van der Waals surface area contributed by atoms with Crippen LogP contribution in [0.1, 0.15) is 30.4 Å². The number of urea groups is 1. The maximum atomic E-state index is 13.1. The van der Waals surface area contributed by atoms with E-state index in [4.69, 9.17) is 4.74 Å². The fraction of sp³-hybridized carbons (Fsp3) is 0.440. The first-order valence-electron chi connectivity index (χ1n) is 11.2. The average Bonchev–Trinajstić information content (AvgIpc) is 2.81. The third kappa shape index (κ3) is 5.19. The van der Waals surface area contributed by atoms with E-state index in [-0.39, 0.29) is 17.9 Å². The highest BCUT2D eigenvalue weighted by atomic mass is 16.5. The molecule has 4 rings (SSSR count). The van der Waals surface area contributed by atoms with Gasteiger partial charge in [0.25, 0.3) is 0 Å². The summed E-state index contributed by atoms with van der Waals surface area (Å²) in [6, 6.07) is 16.3. The number of carbonyl (C=O) groups is 2. The minimum absolute atomic E-state index is 0.0110. The average molecular weight is 422 g/mol. The first kappa shape index (κ1) is 21.2. The molecule has 2 aliphatic heterocycles. The van der Waals surface area contributed by atoms with E-state index in [0.29, 0.717) is 45.6 Å². The van der Waals surface area contributed by atoms with Crippen LogP contribution in [0.25, 0.3) is 0 Å². The molecule has 164 valence electrons. The number of benzene rings is 2. The molecule has 1 fully saturated rings. The Morgan fingerprint density at radius 2 is 1.84 bits per heavy atom. The zero-order chi connectivity index (χ0) is 21.6. The molecule has 31 heavy (non-hydrogen) atoms. The second-order valence-electron chi connectivity index (χ2n) is 8.40. The summed E-state index contributed by atoms with van der Waals surface area (Å²) in [7, 11) is 0. The van der Waals surface area contributed by atoms with Crippen molar-refractivity contribution < 1.29 is 14.3 Å². The van der Waals surface area contributed by atoms with Crippen LogP contribution in [-0.2, 0) is 11.2 Å². The number of piperidine rings is 1. The van der Waals surface area contributed by atoms with Crippen molar-refractivity contribution in [3.63, 3.8) is 0 Å². The summed E-state index contributed by atoms with van der Waals surface area (Å²) in [5.41, 5.74) is 3.24. The molecule has 1 N–H and O–H groups in total. The Labute approximate surface area is 184 Å². The quantitative estimate of drug-likeness (QED) is 0.748. The summed E-state index contributed by atoms with van der Waals surface area (Å²) in [4.78, 5) is 29.4. The fourth-order valence-electron chi connectivity index (χ4n) is 4.32. The smallest absolute Gasteiger partial charge is 0.324 e. The van der Waals surface area contributed by atoms with Gasteiger partial charge < -0.3 is 15.0 Å². The van der Waals surface area contributed by atoms with E-state index < -0.39 is 0 Å². The second-order valence-corrected chi connectivity index (χ2v) is 8.40. The maximum absolute atomic E-state index is 13.1. The molecule has 0 spiro atoms. The molecule has 3 amide bonds. The van der Waals surface area contributed by atoms with Crippen molar-refractivity contribution in [2.24, 2.45) is 5.92 Å². The van der Waals surface area contributed by atoms with E-state index in [2.05, 4.69) is 17.4 Å². The van der Waals surface area contributed by atoms with Crippen molar-refractivity contribution in [3.05, 3.63) is 59.7 Å². The number of amides is 3. The van der Waals surface area contributed by atoms with Gasteiger partial charge in [0.15, 0.2) is 0 Å². The van der Waals surface area contributed by atoms with Gasteiger partial charge in [0, 0.05) is 25.6 Å². The van der Waals surface area contributed by atoms with Crippen LogP contribution in [0.4, 0.5) is 10.5 Å². The highest BCUT2D eigenvalue weighted by Crippen LogP contribution is 2.33. The third-order valence-corrected chi connectivity index (χ3v) is 6.13. The lowest BCUT2D eigenvalue weighted by Crippen LogP contribution is -2.50. The van der Waals surface area contributed by atoms with E-state index in [1.165, 1.54) is 5.56 Å². The predicted octanol–water partition coefficient (Wildman–Crippen LogP) is 3.77. The Morgan fingerprint density at radius 3 is 2.61 bits per heavy atom. The van der Waals surface area contributed by atoms with E-state index in [9.17, 15) is 9.59 Å². The first-order chi connectivity index (χ1) is 15.1. The normalized spacial score (nSPS) is 16.4. The molecule has 0 atom stereocenters. The first-order valence-corrected chi connectivity index (χ1v) is 11.2. The molecule has 0 radical (unpaired) electrons. The number of carbonyl (C=O) groups excluding carboxylic acids is 2. The summed E-state index contributed by atoms with van der Waals surface area (Å²) in [5.74, 6) is 0.863. The van der Waals surface area contributed by atoms with Gasteiger partial charge in [-0.2, -0.15) is 0 Å². The van der Waals surface area contributed by atoms with Gasteiger partial charge in [0.1, 0.15) is 12.4 Å². The molecule has 0 unspecified atom stereocenters. The standard InChI is InChI=1S/C25H31N3O3/c1-19-9-10-23-22(18-19)28(16-17-31-23)25(30)27-14-11-21(12-15-27)24(29)26-13-5-8-20-6-3-2-4-7-20/h2-4,6-7,9-10,18,21H,5,8,11-17H2,1H3,(H,26,29). The number of nitrogens with zero attached hydrogens (tertiary/aromatic N) is 2. The summed E-state index contributed by atoms with van der Waals surface area (Å²) in [6.45, 7) is 4.98. The Morgan fingerprint density at radius 1 is 1.06 bits per heavy atom. The van der Waals surface area contributed by atoms with Gasteiger partial charge in [-0.3, -0.25) is 9.69 Å². The van der Waals surface area contributed by atoms with Crippen LogP contribution in [0.5, 0.6) is 5.75 Å².